The van der Waals surface area contributed by atoms with E-state index < -0.39 is 16.9 Å². The van der Waals surface area contributed by atoms with Crippen LogP contribution in [0.2, 0.25) is 0 Å². The van der Waals surface area contributed by atoms with Crippen molar-refractivity contribution in [3.8, 4) is 0 Å². The Morgan fingerprint density at radius 3 is 2.64 bits per heavy atom. The van der Waals surface area contributed by atoms with Crippen LogP contribution in [-0.4, -0.2) is 21.8 Å². The highest BCUT2D eigenvalue weighted by Gasteiger charge is 2.33. The van der Waals surface area contributed by atoms with Gasteiger partial charge in [-0.2, -0.15) is 0 Å². The molecular weight excluding hydrogens is 322 g/mol. The van der Waals surface area contributed by atoms with E-state index in [1.54, 1.807) is 6.07 Å². The van der Waals surface area contributed by atoms with Gasteiger partial charge in [-0.1, -0.05) is 42.0 Å². The zero-order valence-electron chi connectivity index (χ0n) is 13.4. The number of nitro groups is 1. The molecule has 7 nitrogen and oxygen atoms in total. The Hall–Kier alpha value is -3.48. The summed E-state index contributed by atoms with van der Waals surface area (Å²) in [5.74, 6) is -0.460. The number of non-ortho nitro benzene ring substituents is 1. The fraction of sp³-hybridized carbons (Fsp3) is 0.111. The van der Waals surface area contributed by atoms with Gasteiger partial charge in [0, 0.05) is 12.1 Å². The van der Waals surface area contributed by atoms with Gasteiger partial charge in [-0.3, -0.25) is 19.8 Å². The Labute approximate surface area is 143 Å². The third kappa shape index (κ3) is 3.55. The number of hydrogen-bond acceptors (Lipinski definition) is 4. The van der Waals surface area contributed by atoms with Crippen LogP contribution < -0.4 is 5.32 Å². The molecule has 1 aliphatic heterocycles. The first-order valence-corrected chi connectivity index (χ1v) is 7.58. The Kier molecular flexibility index (Phi) is 4.30. The molecule has 25 heavy (non-hydrogen) atoms. The molecule has 0 aromatic heterocycles. The predicted molar refractivity (Wildman–Crippen MR) is 91.3 cm³/mol. The van der Waals surface area contributed by atoms with Gasteiger partial charge in [0.1, 0.15) is 5.70 Å². The van der Waals surface area contributed by atoms with Crippen LogP contribution in [0.5, 0.6) is 0 Å². The fourth-order valence-electron chi connectivity index (χ4n) is 2.60. The second-order valence-electron chi connectivity index (χ2n) is 5.72. The summed E-state index contributed by atoms with van der Waals surface area (Å²) in [6.45, 7) is 2.10. The van der Waals surface area contributed by atoms with E-state index in [0.717, 1.165) is 16.0 Å². The molecule has 126 valence electrons. The van der Waals surface area contributed by atoms with E-state index in [0.29, 0.717) is 5.56 Å². The number of nitrogens with one attached hydrogen (secondary N) is 1. The van der Waals surface area contributed by atoms with E-state index in [1.807, 2.05) is 31.2 Å². The van der Waals surface area contributed by atoms with Gasteiger partial charge in [0.05, 0.1) is 11.5 Å². The Morgan fingerprint density at radius 1 is 1.16 bits per heavy atom. The van der Waals surface area contributed by atoms with Crippen molar-refractivity contribution in [3.63, 3.8) is 0 Å². The van der Waals surface area contributed by atoms with E-state index in [1.165, 1.54) is 24.3 Å². The lowest BCUT2D eigenvalue weighted by molar-refractivity contribution is -0.384. The van der Waals surface area contributed by atoms with Crippen molar-refractivity contribution in [1.29, 1.82) is 0 Å². The molecule has 2 aromatic rings. The number of rotatable bonds is 4. The molecule has 1 fully saturated rings. The predicted octanol–water partition coefficient (Wildman–Crippen LogP) is 3.00. The Balaban J connectivity index is 1.83. The minimum Gasteiger partial charge on any atom is -0.303 e. The molecule has 3 rings (SSSR count). The highest BCUT2D eigenvalue weighted by molar-refractivity contribution is 6.13. The van der Waals surface area contributed by atoms with Gasteiger partial charge in [0.2, 0.25) is 0 Å². The quantitative estimate of drug-likeness (QED) is 0.402. The highest BCUT2D eigenvalue weighted by Crippen LogP contribution is 2.19. The number of nitro benzene ring substituents is 1. The van der Waals surface area contributed by atoms with E-state index in [9.17, 15) is 19.7 Å². The summed E-state index contributed by atoms with van der Waals surface area (Å²) in [6.07, 6.45) is 1.43. The highest BCUT2D eigenvalue weighted by atomic mass is 16.6. The first-order valence-electron chi connectivity index (χ1n) is 7.58. The number of carbonyl (C=O) groups excluding carboxylic acids is 2. The molecule has 0 bridgehead atoms. The average Bonchev–Trinajstić information content (AvgIpc) is 2.83. The van der Waals surface area contributed by atoms with Crippen LogP contribution >= 0.6 is 0 Å². The maximum Gasteiger partial charge on any atom is 0.329 e. The van der Waals surface area contributed by atoms with Gasteiger partial charge in [0.15, 0.2) is 0 Å². The maximum absolute atomic E-state index is 12.5. The summed E-state index contributed by atoms with van der Waals surface area (Å²) in [4.78, 5) is 36.0. The second kappa shape index (κ2) is 6.56. The van der Waals surface area contributed by atoms with Crippen LogP contribution in [0.15, 0.2) is 54.2 Å². The maximum atomic E-state index is 12.5. The van der Waals surface area contributed by atoms with Gasteiger partial charge < -0.3 is 5.32 Å². The van der Waals surface area contributed by atoms with E-state index in [-0.39, 0.29) is 17.9 Å². The second-order valence-corrected chi connectivity index (χ2v) is 5.72. The zero-order valence-corrected chi connectivity index (χ0v) is 13.4. The van der Waals surface area contributed by atoms with Crippen molar-refractivity contribution >= 4 is 23.7 Å². The molecule has 1 saturated heterocycles. The molecule has 2 aromatic carbocycles. The summed E-state index contributed by atoms with van der Waals surface area (Å²) in [7, 11) is 0. The molecule has 0 aliphatic carbocycles. The molecular formula is C18H15N3O4. The lowest BCUT2D eigenvalue weighted by atomic mass is 10.1. The number of hydrogen-bond donors (Lipinski definition) is 1. The average molecular weight is 337 g/mol. The van der Waals surface area contributed by atoms with Crippen LogP contribution in [0.1, 0.15) is 16.7 Å². The molecule has 7 heteroatoms. The molecule has 3 amide bonds. The summed E-state index contributed by atoms with van der Waals surface area (Å²) in [5, 5.41) is 13.3. The Bertz CT molecular complexity index is 905. The smallest absolute Gasteiger partial charge is 0.303 e. The lowest BCUT2D eigenvalue weighted by Crippen LogP contribution is -2.30. The molecule has 0 atom stereocenters. The van der Waals surface area contributed by atoms with E-state index >= 15 is 0 Å². The normalized spacial score (nSPS) is 15.6. The molecule has 0 spiro atoms. The summed E-state index contributed by atoms with van der Waals surface area (Å²) < 4.78 is 0. The van der Waals surface area contributed by atoms with Crippen molar-refractivity contribution in [3.05, 3.63) is 81.0 Å². The minimum atomic E-state index is -0.513. The van der Waals surface area contributed by atoms with Crippen molar-refractivity contribution in [2.75, 3.05) is 0 Å². The number of carbonyl (C=O) groups is 2. The molecule has 0 unspecified atom stereocenters. The number of aryl methyl sites for hydroxylation is 1. The van der Waals surface area contributed by atoms with Crippen LogP contribution in [0, 0.1) is 17.0 Å². The minimum absolute atomic E-state index is 0.0808. The molecule has 1 heterocycles. The van der Waals surface area contributed by atoms with Crippen molar-refractivity contribution in [2.24, 2.45) is 0 Å². The first kappa shape index (κ1) is 16.4. The third-order valence-corrected chi connectivity index (χ3v) is 3.78. The van der Waals surface area contributed by atoms with Crippen molar-refractivity contribution in [1.82, 2.24) is 10.2 Å². The summed E-state index contributed by atoms with van der Waals surface area (Å²) >= 11 is 0. The lowest BCUT2D eigenvalue weighted by Gasteiger charge is -2.12. The number of imide groups is 1. The number of benzene rings is 2. The van der Waals surface area contributed by atoms with E-state index in [4.69, 9.17) is 0 Å². The topological polar surface area (TPSA) is 92.6 Å². The molecule has 1 N–H and O–H groups in total. The summed E-state index contributed by atoms with van der Waals surface area (Å²) in [6, 6.07) is 12.9. The van der Waals surface area contributed by atoms with Crippen LogP contribution in [-0.2, 0) is 11.3 Å². The standard InChI is InChI=1S/C18H15N3O4/c1-12-4-2-6-14(8-12)11-20-17(22)16(19-18(20)23)10-13-5-3-7-15(9-13)21(24)25/h2-10H,11H2,1H3,(H,19,23)/b16-10+. The van der Waals surface area contributed by atoms with Crippen molar-refractivity contribution in [2.45, 2.75) is 13.5 Å². The monoisotopic (exact) mass is 337 g/mol. The third-order valence-electron chi connectivity index (χ3n) is 3.78. The van der Waals surface area contributed by atoms with Crippen LogP contribution in [0.4, 0.5) is 10.5 Å². The van der Waals surface area contributed by atoms with Crippen LogP contribution in [0.3, 0.4) is 0 Å². The number of nitrogens with zero attached hydrogens (tertiary/aromatic N) is 2. The van der Waals surface area contributed by atoms with Gasteiger partial charge in [-0.15, -0.1) is 0 Å². The SMILES string of the molecule is Cc1cccc(CN2C(=O)N/C(=C/c3cccc([N+](=O)[O-])c3)C2=O)c1. The van der Waals surface area contributed by atoms with E-state index in [2.05, 4.69) is 5.32 Å². The van der Waals surface area contributed by atoms with Gasteiger partial charge in [-0.05, 0) is 24.1 Å². The number of amides is 3. The Morgan fingerprint density at radius 2 is 1.92 bits per heavy atom. The summed E-state index contributed by atoms with van der Waals surface area (Å²) in [5.41, 5.74) is 2.37. The van der Waals surface area contributed by atoms with Crippen molar-refractivity contribution < 1.29 is 14.5 Å². The largest absolute Gasteiger partial charge is 0.329 e. The van der Waals surface area contributed by atoms with Gasteiger partial charge >= 0.3 is 6.03 Å². The zero-order chi connectivity index (χ0) is 18.0. The number of urea groups is 1. The molecule has 0 radical (unpaired) electrons. The van der Waals surface area contributed by atoms with Gasteiger partial charge in [-0.25, -0.2) is 4.79 Å². The first-order chi connectivity index (χ1) is 11.9. The molecule has 1 aliphatic rings. The van der Waals surface area contributed by atoms with Gasteiger partial charge in [0.25, 0.3) is 11.6 Å². The van der Waals surface area contributed by atoms with Crippen LogP contribution in [0.25, 0.3) is 6.08 Å². The fourth-order valence-corrected chi connectivity index (χ4v) is 2.60. The molecule has 0 saturated carbocycles.